The summed E-state index contributed by atoms with van der Waals surface area (Å²) in [5.41, 5.74) is 4.64. The van der Waals surface area contributed by atoms with Crippen LogP contribution in [-0.4, -0.2) is 0 Å². The van der Waals surface area contributed by atoms with Gasteiger partial charge in [0.05, 0.1) is 0 Å². The lowest BCUT2D eigenvalue weighted by Gasteiger charge is -2.20. The van der Waals surface area contributed by atoms with Crippen LogP contribution in [0.5, 0.6) is 11.5 Å². The first-order valence-electron chi connectivity index (χ1n) is 19.4. The SMILES string of the molecule is c1ccc2c(-c3c(COc4cc5ccc6cccc7ccc(c4)c5c67)ccc4ccccc34)c(COc3cc4ccc5cccc6ccc(c3)c4c56)ccc2c1. The Hall–Kier alpha value is -7.16. The third-order valence-electron chi connectivity index (χ3n) is 11.9. The number of rotatable bonds is 7. The van der Waals surface area contributed by atoms with Crippen LogP contribution in [-0.2, 0) is 13.2 Å². The van der Waals surface area contributed by atoms with E-state index >= 15 is 0 Å². The van der Waals surface area contributed by atoms with Gasteiger partial charge in [0.25, 0.3) is 0 Å². The standard InChI is InChI=1S/C54H34O2/c1-3-13-47-33(7-1)15-25-43(31-55-45-27-39-21-17-35-9-5-10-36-18-22-40(28-45)51(39)49(35)36)53(47)54-44(26-16-34-8-2-4-14-48(34)54)32-56-46-29-41-23-19-37-11-6-12-38-20-24-42(30-46)52(41)50(37)38/h1-30H,31-32H2. The maximum atomic E-state index is 6.80. The van der Waals surface area contributed by atoms with Gasteiger partial charge in [-0.3, -0.25) is 0 Å². The molecule has 0 fully saturated rings. The van der Waals surface area contributed by atoms with Gasteiger partial charge in [-0.05, 0) is 133 Å². The second-order valence-electron chi connectivity index (χ2n) is 15.1. The van der Waals surface area contributed by atoms with E-state index in [2.05, 4.69) is 182 Å². The molecule has 0 aliphatic carbocycles. The van der Waals surface area contributed by atoms with Crippen LogP contribution in [0, 0.1) is 0 Å². The van der Waals surface area contributed by atoms with Crippen molar-refractivity contribution in [1.29, 1.82) is 0 Å². The molecule has 0 bridgehead atoms. The van der Waals surface area contributed by atoms with E-state index in [-0.39, 0.29) is 0 Å². The van der Waals surface area contributed by atoms with Gasteiger partial charge in [0.2, 0.25) is 0 Å². The summed E-state index contributed by atoms with van der Waals surface area (Å²) in [5, 5.41) is 19.9. The van der Waals surface area contributed by atoms with Crippen LogP contribution in [0.2, 0.25) is 0 Å². The van der Waals surface area contributed by atoms with Crippen molar-refractivity contribution in [3.05, 3.63) is 193 Å². The predicted molar refractivity (Wildman–Crippen MR) is 236 cm³/mol. The minimum absolute atomic E-state index is 0.424. The van der Waals surface area contributed by atoms with Crippen LogP contribution in [0.15, 0.2) is 182 Å². The van der Waals surface area contributed by atoms with Crippen molar-refractivity contribution in [1.82, 2.24) is 0 Å². The molecular formula is C54H34O2. The van der Waals surface area contributed by atoms with Crippen LogP contribution in [0.25, 0.3) is 97.3 Å². The van der Waals surface area contributed by atoms with Crippen molar-refractivity contribution >= 4 is 86.2 Å². The molecule has 0 spiro atoms. The zero-order valence-corrected chi connectivity index (χ0v) is 30.6. The van der Waals surface area contributed by atoms with Crippen LogP contribution >= 0.6 is 0 Å². The van der Waals surface area contributed by atoms with Crippen molar-refractivity contribution in [2.45, 2.75) is 13.2 Å². The maximum absolute atomic E-state index is 6.80. The molecule has 0 saturated heterocycles. The fourth-order valence-corrected chi connectivity index (χ4v) is 9.40. The number of benzene rings is 12. The van der Waals surface area contributed by atoms with Crippen molar-refractivity contribution in [2.75, 3.05) is 0 Å². The Labute approximate surface area is 323 Å². The molecule has 0 N–H and O–H groups in total. The lowest BCUT2D eigenvalue weighted by molar-refractivity contribution is 0.306. The Balaban J connectivity index is 0.967. The van der Waals surface area contributed by atoms with Gasteiger partial charge in [-0.25, -0.2) is 0 Å². The largest absolute Gasteiger partial charge is 0.489 e. The smallest absolute Gasteiger partial charge is 0.121 e. The Kier molecular flexibility index (Phi) is 6.79. The van der Waals surface area contributed by atoms with Crippen LogP contribution in [0.3, 0.4) is 0 Å². The van der Waals surface area contributed by atoms with Gasteiger partial charge < -0.3 is 9.47 Å². The zero-order valence-electron chi connectivity index (χ0n) is 30.6. The Bertz CT molecular complexity index is 3130. The Morgan fingerprint density at radius 2 is 0.571 bits per heavy atom. The molecule has 262 valence electrons. The lowest BCUT2D eigenvalue weighted by atomic mass is 9.87. The molecule has 12 aromatic rings. The fraction of sp³-hybridized carbons (Fsp3) is 0.0370. The van der Waals surface area contributed by atoms with E-state index in [0.29, 0.717) is 13.2 Å². The maximum Gasteiger partial charge on any atom is 0.121 e. The molecular weight excluding hydrogens is 681 g/mol. The quantitative estimate of drug-likeness (QED) is 0.153. The van der Waals surface area contributed by atoms with Crippen molar-refractivity contribution < 1.29 is 9.47 Å². The van der Waals surface area contributed by atoms with Crippen molar-refractivity contribution in [3.8, 4) is 22.6 Å². The normalized spacial score (nSPS) is 12.1. The molecule has 2 heteroatoms. The summed E-state index contributed by atoms with van der Waals surface area (Å²) in [6.45, 7) is 0.848. The van der Waals surface area contributed by atoms with Gasteiger partial charge in [0, 0.05) is 0 Å². The van der Waals surface area contributed by atoms with Crippen LogP contribution in [0.1, 0.15) is 11.1 Å². The molecule has 0 amide bonds. The van der Waals surface area contributed by atoms with E-state index < -0.39 is 0 Å². The van der Waals surface area contributed by atoms with Gasteiger partial charge in [-0.2, -0.15) is 0 Å². The Morgan fingerprint density at radius 1 is 0.268 bits per heavy atom. The highest BCUT2D eigenvalue weighted by Crippen LogP contribution is 2.42. The number of ether oxygens (including phenoxy) is 2. The van der Waals surface area contributed by atoms with Crippen molar-refractivity contribution in [2.24, 2.45) is 0 Å². The number of fused-ring (bicyclic) bond motifs is 2. The Morgan fingerprint density at radius 3 is 0.964 bits per heavy atom. The third-order valence-corrected chi connectivity index (χ3v) is 11.9. The molecule has 0 aliphatic heterocycles. The molecule has 0 aromatic heterocycles. The second kappa shape index (κ2) is 12.2. The molecule has 12 aromatic carbocycles. The predicted octanol–water partition coefficient (Wildman–Crippen LogP) is 14.6. The minimum Gasteiger partial charge on any atom is -0.489 e. The molecule has 56 heavy (non-hydrogen) atoms. The summed E-state index contributed by atoms with van der Waals surface area (Å²) < 4.78 is 13.6. The second-order valence-corrected chi connectivity index (χ2v) is 15.1. The first-order valence-corrected chi connectivity index (χ1v) is 19.4. The summed E-state index contributed by atoms with van der Waals surface area (Å²) in [6, 6.07) is 66.0. The first-order chi connectivity index (χ1) is 27.7. The molecule has 0 atom stereocenters. The van der Waals surface area contributed by atoms with E-state index in [1.807, 2.05) is 0 Å². The average molecular weight is 715 g/mol. The van der Waals surface area contributed by atoms with E-state index in [4.69, 9.17) is 9.47 Å². The summed E-state index contributed by atoms with van der Waals surface area (Å²) in [4.78, 5) is 0. The summed E-state index contributed by atoms with van der Waals surface area (Å²) >= 11 is 0. The average Bonchev–Trinajstić information content (AvgIpc) is 3.25. The van der Waals surface area contributed by atoms with Gasteiger partial charge in [-0.1, -0.05) is 158 Å². The molecule has 2 nitrogen and oxygen atoms in total. The van der Waals surface area contributed by atoms with Gasteiger partial charge in [-0.15, -0.1) is 0 Å². The van der Waals surface area contributed by atoms with E-state index in [9.17, 15) is 0 Å². The first kappa shape index (κ1) is 31.2. The van der Waals surface area contributed by atoms with E-state index in [1.165, 1.54) is 97.3 Å². The van der Waals surface area contributed by atoms with Crippen molar-refractivity contribution in [3.63, 3.8) is 0 Å². The highest BCUT2D eigenvalue weighted by atomic mass is 16.5. The molecule has 12 rings (SSSR count). The third kappa shape index (κ3) is 4.82. The van der Waals surface area contributed by atoms with Gasteiger partial charge >= 0.3 is 0 Å². The lowest BCUT2D eigenvalue weighted by Crippen LogP contribution is -2.03. The number of hydrogen-bond acceptors (Lipinski definition) is 2. The minimum atomic E-state index is 0.424. The van der Waals surface area contributed by atoms with Gasteiger partial charge in [0.15, 0.2) is 0 Å². The molecule has 0 heterocycles. The monoisotopic (exact) mass is 714 g/mol. The number of hydrogen-bond donors (Lipinski definition) is 0. The highest BCUT2D eigenvalue weighted by Gasteiger charge is 2.19. The molecule has 0 radical (unpaired) electrons. The van der Waals surface area contributed by atoms with Gasteiger partial charge in [0.1, 0.15) is 24.7 Å². The summed E-state index contributed by atoms with van der Waals surface area (Å²) in [7, 11) is 0. The topological polar surface area (TPSA) is 18.5 Å². The van der Waals surface area contributed by atoms with Crippen LogP contribution < -0.4 is 9.47 Å². The van der Waals surface area contributed by atoms with E-state index in [1.54, 1.807) is 0 Å². The summed E-state index contributed by atoms with van der Waals surface area (Å²) in [6.07, 6.45) is 0. The van der Waals surface area contributed by atoms with E-state index in [0.717, 1.165) is 22.6 Å². The van der Waals surface area contributed by atoms with Crippen LogP contribution in [0.4, 0.5) is 0 Å². The molecule has 0 aliphatic rings. The molecule has 0 unspecified atom stereocenters. The zero-order chi connectivity index (χ0) is 36.7. The molecule has 0 saturated carbocycles. The highest BCUT2D eigenvalue weighted by molar-refractivity contribution is 6.24. The summed E-state index contributed by atoms with van der Waals surface area (Å²) in [5.74, 6) is 1.73. The fourth-order valence-electron chi connectivity index (χ4n) is 9.40.